The maximum Gasteiger partial charge on any atom is 0.336 e. The average Bonchev–Trinajstić information content (AvgIpc) is 2.67. The first-order valence-corrected chi connectivity index (χ1v) is 7.94. The molecule has 1 saturated heterocycles. The molecule has 1 N–H and O–H groups in total. The topological polar surface area (TPSA) is 117 Å². The van der Waals surface area contributed by atoms with Gasteiger partial charge in [-0.2, -0.15) is 0 Å². The molecule has 134 valence electrons. The molecule has 1 aliphatic heterocycles. The number of anilines is 1. The van der Waals surface area contributed by atoms with Crippen molar-refractivity contribution in [2.75, 3.05) is 31.1 Å². The van der Waals surface area contributed by atoms with Gasteiger partial charge in [0.25, 0.3) is 11.6 Å². The Labute approximate surface area is 148 Å². The van der Waals surface area contributed by atoms with Crippen LogP contribution < -0.4 is 4.90 Å². The van der Waals surface area contributed by atoms with E-state index in [9.17, 15) is 24.8 Å². The molecule has 2 heterocycles. The van der Waals surface area contributed by atoms with E-state index >= 15 is 0 Å². The molecular formula is C17H16N4O5. The highest BCUT2D eigenvalue weighted by atomic mass is 16.6. The van der Waals surface area contributed by atoms with E-state index in [2.05, 4.69) is 4.98 Å². The summed E-state index contributed by atoms with van der Waals surface area (Å²) in [6.07, 6.45) is 1.70. The lowest BCUT2D eigenvalue weighted by molar-refractivity contribution is -0.384. The molecule has 3 rings (SSSR count). The van der Waals surface area contributed by atoms with Crippen molar-refractivity contribution in [2.24, 2.45) is 0 Å². The number of carbonyl (C=O) groups excluding carboxylic acids is 1. The van der Waals surface area contributed by atoms with Gasteiger partial charge in [0.1, 0.15) is 5.82 Å². The summed E-state index contributed by atoms with van der Waals surface area (Å²) in [6.45, 7) is 1.95. The first-order valence-electron chi connectivity index (χ1n) is 7.94. The lowest BCUT2D eigenvalue weighted by atomic mass is 10.0. The highest BCUT2D eigenvalue weighted by Gasteiger charge is 2.27. The number of carboxylic acids is 1. The van der Waals surface area contributed by atoms with Gasteiger partial charge < -0.3 is 14.9 Å². The van der Waals surface area contributed by atoms with Crippen molar-refractivity contribution in [1.29, 1.82) is 0 Å². The van der Waals surface area contributed by atoms with E-state index in [1.807, 2.05) is 23.1 Å². The molecule has 1 aliphatic rings. The van der Waals surface area contributed by atoms with E-state index in [4.69, 9.17) is 0 Å². The molecule has 1 aromatic heterocycles. The zero-order chi connectivity index (χ0) is 18.7. The molecule has 9 heteroatoms. The SMILES string of the molecule is O=C(O)c1cc([N+](=O)[O-])ccc1C(=O)N1CCN(c2ccccn2)CC1. The number of amides is 1. The molecule has 1 aromatic carbocycles. The van der Waals surface area contributed by atoms with Crippen molar-refractivity contribution in [3.8, 4) is 0 Å². The van der Waals surface area contributed by atoms with Gasteiger partial charge in [0.15, 0.2) is 0 Å². The van der Waals surface area contributed by atoms with Crippen LogP contribution in [0.4, 0.5) is 11.5 Å². The maximum absolute atomic E-state index is 12.7. The molecule has 0 bridgehead atoms. The van der Waals surface area contributed by atoms with Crippen LogP contribution in [0, 0.1) is 10.1 Å². The second-order valence-corrected chi connectivity index (χ2v) is 5.76. The van der Waals surface area contributed by atoms with Crippen LogP contribution in [0.5, 0.6) is 0 Å². The number of hydrogen-bond donors (Lipinski definition) is 1. The third kappa shape index (κ3) is 3.46. The molecule has 0 atom stereocenters. The zero-order valence-corrected chi connectivity index (χ0v) is 13.7. The van der Waals surface area contributed by atoms with Crippen molar-refractivity contribution in [3.63, 3.8) is 0 Å². The van der Waals surface area contributed by atoms with Crippen LogP contribution in [0.3, 0.4) is 0 Å². The van der Waals surface area contributed by atoms with Crippen molar-refractivity contribution in [2.45, 2.75) is 0 Å². The van der Waals surface area contributed by atoms with Crippen LogP contribution >= 0.6 is 0 Å². The minimum absolute atomic E-state index is 0.0469. The molecule has 0 unspecified atom stereocenters. The van der Waals surface area contributed by atoms with Gasteiger partial charge in [-0.1, -0.05) is 6.07 Å². The number of nitro groups is 1. The number of piperazine rings is 1. The molecule has 1 fully saturated rings. The monoisotopic (exact) mass is 356 g/mol. The Balaban J connectivity index is 1.76. The normalized spacial score (nSPS) is 14.2. The lowest BCUT2D eigenvalue weighted by Crippen LogP contribution is -2.49. The molecule has 0 saturated carbocycles. The second-order valence-electron chi connectivity index (χ2n) is 5.76. The number of nitrogens with zero attached hydrogens (tertiary/aromatic N) is 4. The lowest BCUT2D eigenvalue weighted by Gasteiger charge is -2.35. The van der Waals surface area contributed by atoms with Crippen LogP contribution in [0.25, 0.3) is 0 Å². The van der Waals surface area contributed by atoms with E-state index in [0.29, 0.717) is 26.2 Å². The number of aromatic nitrogens is 1. The van der Waals surface area contributed by atoms with Gasteiger partial charge in [0.2, 0.25) is 0 Å². The van der Waals surface area contributed by atoms with Crippen LogP contribution in [0.2, 0.25) is 0 Å². The highest BCUT2D eigenvalue weighted by molar-refractivity contribution is 6.05. The van der Waals surface area contributed by atoms with E-state index in [1.165, 1.54) is 6.07 Å². The molecule has 2 aromatic rings. The summed E-state index contributed by atoms with van der Waals surface area (Å²) in [7, 11) is 0. The summed E-state index contributed by atoms with van der Waals surface area (Å²) in [5, 5.41) is 20.1. The minimum atomic E-state index is -1.37. The number of nitro benzene ring substituents is 1. The first kappa shape index (κ1) is 17.3. The van der Waals surface area contributed by atoms with E-state index < -0.39 is 16.8 Å². The fourth-order valence-electron chi connectivity index (χ4n) is 2.86. The Hall–Kier alpha value is -3.49. The third-order valence-corrected chi connectivity index (χ3v) is 4.21. The summed E-state index contributed by atoms with van der Waals surface area (Å²) in [5.41, 5.74) is -0.773. The Morgan fingerprint density at radius 2 is 1.81 bits per heavy atom. The molecule has 0 radical (unpaired) electrons. The Morgan fingerprint density at radius 1 is 1.08 bits per heavy atom. The van der Waals surface area contributed by atoms with Gasteiger partial charge in [-0.05, 0) is 18.2 Å². The Morgan fingerprint density at radius 3 is 2.38 bits per heavy atom. The number of carbonyl (C=O) groups is 2. The molecule has 1 amide bonds. The van der Waals surface area contributed by atoms with E-state index in [-0.39, 0.29) is 16.8 Å². The number of aromatic carboxylic acids is 1. The smallest absolute Gasteiger partial charge is 0.336 e. The number of carboxylic acid groups (broad SMARTS) is 1. The van der Waals surface area contributed by atoms with Crippen LogP contribution in [0.15, 0.2) is 42.6 Å². The average molecular weight is 356 g/mol. The molecule has 0 spiro atoms. The minimum Gasteiger partial charge on any atom is -0.478 e. The predicted octanol–water partition coefficient (Wildman–Crippen LogP) is 1.65. The summed E-state index contributed by atoms with van der Waals surface area (Å²) >= 11 is 0. The van der Waals surface area contributed by atoms with Crippen molar-refractivity contribution in [1.82, 2.24) is 9.88 Å². The Bertz CT molecular complexity index is 847. The van der Waals surface area contributed by atoms with E-state index in [0.717, 1.165) is 18.0 Å². The standard InChI is InChI=1S/C17H16N4O5/c22-16(13-5-4-12(21(25)26)11-14(13)17(23)24)20-9-7-19(8-10-20)15-3-1-2-6-18-15/h1-6,11H,7-10H2,(H,23,24). The summed E-state index contributed by atoms with van der Waals surface area (Å²) in [5.74, 6) is -0.997. The number of rotatable bonds is 4. The quantitative estimate of drug-likeness (QED) is 0.654. The number of hydrogen-bond acceptors (Lipinski definition) is 6. The summed E-state index contributed by atoms with van der Waals surface area (Å²) < 4.78 is 0. The largest absolute Gasteiger partial charge is 0.478 e. The third-order valence-electron chi connectivity index (χ3n) is 4.21. The predicted molar refractivity (Wildman–Crippen MR) is 92.4 cm³/mol. The van der Waals surface area contributed by atoms with Gasteiger partial charge in [0.05, 0.1) is 16.1 Å². The second kappa shape index (κ2) is 7.18. The van der Waals surface area contributed by atoms with Gasteiger partial charge in [-0.25, -0.2) is 9.78 Å². The van der Waals surface area contributed by atoms with Crippen molar-refractivity contribution < 1.29 is 19.6 Å². The fraction of sp³-hybridized carbons (Fsp3) is 0.235. The van der Waals surface area contributed by atoms with Crippen molar-refractivity contribution >= 4 is 23.4 Å². The molecule has 0 aliphatic carbocycles. The Kier molecular flexibility index (Phi) is 4.78. The van der Waals surface area contributed by atoms with Gasteiger partial charge >= 0.3 is 5.97 Å². The zero-order valence-electron chi connectivity index (χ0n) is 13.7. The molecule has 26 heavy (non-hydrogen) atoms. The summed E-state index contributed by atoms with van der Waals surface area (Å²) in [4.78, 5) is 42.1. The summed E-state index contributed by atoms with van der Waals surface area (Å²) in [6, 6.07) is 8.86. The number of non-ortho nitro benzene ring substituents is 1. The van der Waals surface area contributed by atoms with Gasteiger partial charge in [0, 0.05) is 44.5 Å². The first-order chi connectivity index (χ1) is 12.5. The van der Waals surface area contributed by atoms with Crippen LogP contribution in [0.1, 0.15) is 20.7 Å². The van der Waals surface area contributed by atoms with E-state index in [1.54, 1.807) is 11.1 Å². The number of benzene rings is 1. The highest BCUT2D eigenvalue weighted by Crippen LogP contribution is 2.21. The fourth-order valence-corrected chi connectivity index (χ4v) is 2.86. The molecule has 9 nitrogen and oxygen atoms in total. The van der Waals surface area contributed by atoms with Gasteiger partial charge in [-0.15, -0.1) is 0 Å². The van der Waals surface area contributed by atoms with Crippen molar-refractivity contribution in [3.05, 3.63) is 63.8 Å². The van der Waals surface area contributed by atoms with Crippen LogP contribution in [-0.2, 0) is 0 Å². The van der Waals surface area contributed by atoms with Gasteiger partial charge in [-0.3, -0.25) is 14.9 Å². The maximum atomic E-state index is 12.7. The van der Waals surface area contributed by atoms with Crippen LogP contribution in [-0.4, -0.2) is 58.0 Å². The molecular weight excluding hydrogens is 340 g/mol. The number of pyridine rings is 1.